The van der Waals surface area contributed by atoms with Crippen LogP contribution in [0.3, 0.4) is 0 Å². The van der Waals surface area contributed by atoms with Crippen molar-refractivity contribution in [1.82, 2.24) is 20.1 Å². The van der Waals surface area contributed by atoms with E-state index in [1.807, 2.05) is 6.92 Å². The van der Waals surface area contributed by atoms with Gasteiger partial charge in [0.15, 0.2) is 0 Å². The first-order valence-electron chi connectivity index (χ1n) is 5.93. The van der Waals surface area contributed by atoms with Crippen LogP contribution in [0.4, 0.5) is 0 Å². The Hall–Kier alpha value is -0.910. The first kappa shape index (κ1) is 10.1. The average molecular weight is 318 g/mol. The summed E-state index contributed by atoms with van der Waals surface area (Å²) in [6.45, 7) is 0.110. The van der Waals surface area contributed by atoms with Crippen molar-refractivity contribution in [2.24, 2.45) is 0 Å². The molecular weight excluding hydrogens is 304 g/mol. The Morgan fingerprint density at radius 3 is 3.12 bits per heavy atom. The molecule has 0 radical (unpaired) electrons. The SMILES string of the molecule is [2H]C([2H])(NC)c1cc(C)nn1-c1ccnc(Cl)c1Br. The molecule has 0 aliphatic rings. The average Bonchev–Trinajstić information content (AvgIpc) is 2.75. The van der Waals surface area contributed by atoms with Gasteiger partial charge >= 0.3 is 0 Å². The Bertz CT molecular complexity index is 615. The van der Waals surface area contributed by atoms with Crippen molar-refractivity contribution in [2.75, 3.05) is 7.05 Å². The summed E-state index contributed by atoms with van der Waals surface area (Å²) in [4.78, 5) is 3.95. The maximum Gasteiger partial charge on any atom is 0.145 e. The van der Waals surface area contributed by atoms with E-state index in [9.17, 15) is 0 Å². The van der Waals surface area contributed by atoms with Gasteiger partial charge in [-0.25, -0.2) is 9.67 Å². The van der Waals surface area contributed by atoms with Crippen LogP contribution in [-0.4, -0.2) is 21.8 Å². The molecule has 2 aromatic rings. The number of aromatic nitrogens is 3. The third-order valence-corrected chi connectivity index (χ3v) is 3.44. The van der Waals surface area contributed by atoms with Crippen molar-refractivity contribution in [1.29, 1.82) is 0 Å². The Morgan fingerprint density at radius 1 is 1.65 bits per heavy atom. The number of hydrogen-bond donors (Lipinski definition) is 1. The van der Waals surface area contributed by atoms with Crippen molar-refractivity contribution in [3.05, 3.63) is 39.3 Å². The van der Waals surface area contributed by atoms with E-state index in [2.05, 4.69) is 31.3 Å². The van der Waals surface area contributed by atoms with E-state index in [1.54, 1.807) is 25.4 Å². The zero-order valence-electron chi connectivity index (χ0n) is 11.3. The van der Waals surface area contributed by atoms with E-state index in [-0.39, 0.29) is 0 Å². The second-order valence-electron chi connectivity index (χ2n) is 3.39. The molecule has 0 amide bonds. The molecule has 0 bridgehead atoms. The van der Waals surface area contributed by atoms with E-state index >= 15 is 0 Å². The van der Waals surface area contributed by atoms with Gasteiger partial charge in [0, 0.05) is 15.4 Å². The van der Waals surface area contributed by atoms with Gasteiger partial charge in [0.2, 0.25) is 0 Å². The van der Waals surface area contributed by atoms with Gasteiger partial charge in [-0.15, -0.1) is 0 Å². The molecule has 17 heavy (non-hydrogen) atoms. The summed E-state index contributed by atoms with van der Waals surface area (Å²) < 4.78 is 18.0. The van der Waals surface area contributed by atoms with E-state index in [4.69, 9.17) is 14.3 Å². The fourth-order valence-electron chi connectivity index (χ4n) is 1.47. The maximum absolute atomic E-state index is 7.97. The summed E-state index contributed by atoms with van der Waals surface area (Å²) in [5, 5.41) is 7.25. The summed E-state index contributed by atoms with van der Waals surface area (Å²) in [6.07, 6.45) is 1.55. The highest BCUT2D eigenvalue weighted by Gasteiger charge is 2.12. The van der Waals surface area contributed by atoms with Crippen LogP contribution in [0.5, 0.6) is 0 Å². The summed E-state index contributed by atoms with van der Waals surface area (Å²) >= 11 is 9.31. The molecule has 0 fully saturated rings. The van der Waals surface area contributed by atoms with Crippen molar-refractivity contribution >= 4 is 27.5 Å². The quantitative estimate of drug-likeness (QED) is 0.885. The van der Waals surface area contributed by atoms with Gasteiger partial charge in [0.25, 0.3) is 0 Å². The molecular formula is C11H12BrClN4. The molecule has 1 N–H and O–H groups in total. The fraction of sp³-hybridized carbons (Fsp3) is 0.273. The van der Waals surface area contributed by atoms with Crippen LogP contribution in [0.15, 0.2) is 22.8 Å². The number of nitrogens with one attached hydrogen (secondary N) is 1. The summed E-state index contributed by atoms with van der Waals surface area (Å²) in [5.41, 5.74) is 1.76. The van der Waals surface area contributed by atoms with E-state index in [1.165, 1.54) is 4.68 Å². The molecule has 4 nitrogen and oxygen atoms in total. The smallest absolute Gasteiger partial charge is 0.145 e. The molecule has 0 aromatic carbocycles. The number of rotatable bonds is 3. The number of aryl methyl sites for hydroxylation is 1. The fourth-order valence-corrected chi connectivity index (χ4v) is 2.03. The molecule has 0 aliphatic heterocycles. The number of nitrogens with zero attached hydrogens (tertiary/aromatic N) is 3. The highest BCUT2D eigenvalue weighted by atomic mass is 79.9. The lowest BCUT2D eigenvalue weighted by atomic mass is 10.3. The van der Waals surface area contributed by atoms with Crippen LogP contribution in [0, 0.1) is 6.92 Å². The molecule has 0 atom stereocenters. The highest BCUT2D eigenvalue weighted by Crippen LogP contribution is 2.27. The molecule has 0 spiro atoms. The molecule has 2 aromatic heterocycles. The van der Waals surface area contributed by atoms with Gasteiger partial charge < -0.3 is 5.32 Å². The van der Waals surface area contributed by atoms with Gasteiger partial charge in [0.05, 0.1) is 21.5 Å². The summed E-state index contributed by atoms with van der Waals surface area (Å²) in [7, 11) is 1.56. The summed E-state index contributed by atoms with van der Waals surface area (Å²) in [5.74, 6) is 0. The third-order valence-electron chi connectivity index (χ3n) is 2.14. The van der Waals surface area contributed by atoms with Crippen LogP contribution in [-0.2, 0) is 6.50 Å². The predicted octanol–water partition coefficient (Wildman–Crippen LogP) is 2.71. The molecule has 0 aliphatic carbocycles. The van der Waals surface area contributed by atoms with Crippen LogP contribution < -0.4 is 5.32 Å². The van der Waals surface area contributed by atoms with Crippen LogP contribution in [0.25, 0.3) is 5.69 Å². The minimum atomic E-state index is -1.70. The highest BCUT2D eigenvalue weighted by molar-refractivity contribution is 9.10. The summed E-state index contributed by atoms with van der Waals surface area (Å²) in [6, 6.07) is 3.41. The van der Waals surface area contributed by atoms with Gasteiger partial charge in [-0.05, 0) is 42.0 Å². The molecule has 2 rings (SSSR count). The first-order valence-corrected chi connectivity index (χ1v) is 6.10. The lowest BCUT2D eigenvalue weighted by molar-refractivity contribution is 0.724. The Labute approximate surface area is 116 Å². The minimum Gasteiger partial charge on any atom is -0.314 e. The molecule has 6 heteroatoms. The van der Waals surface area contributed by atoms with Crippen LogP contribution >= 0.6 is 27.5 Å². The monoisotopic (exact) mass is 316 g/mol. The molecule has 0 saturated heterocycles. The van der Waals surface area contributed by atoms with Crippen molar-refractivity contribution in [2.45, 2.75) is 13.4 Å². The lowest BCUT2D eigenvalue weighted by Crippen LogP contribution is -2.11. The largest absolute Gasteiger partial charge is 0.314 e. The molecule has 0 unspecified atom stereocenters. The Kier molecular flexibility index (Phi) is 3.05. The van der Waals surface area contributed by atoms with Crippen molar-refractivity contribution < 1.29 is 2.74 Å². The second kappa shape index (κ2) is 5.16. The number of halogens is 2. The normalized spacial score (nSPS) is 13.4. The van der Waals surface area contributed by atoms with E-state index < -0.39 is 6.50 Å². The van der Waals surface area contributed by atoms with Crippen molar-refractivity contribution in [3.63, 3.8) is 0 Å². The third kappa shape index (κ3) is 2.51. The van der Waals surface area contributed by atoms with Gasteiger partial charge in [-0.1, -0.05) is 11.6 Å². The van der Waals surface area contributed by atoms with Gasteiger partial charge in [-0.2, -0.15) is 5.10 Å². The van der Waals surface area contributed by atoms with Crippen molar-refractivity contribution in [3.8, 4) is 5.69 Å². The second-order valence-corrected chi connectivity index (χ2v) is 4.54. The zero-order chi connectivity index (χ0) is 14.2. The van der Waals surface area contributed by atoms with E-state index in [0.717, 1.165) is 0 Å². The minimum absolute atomic E-state index is 0.307. The number of pyridine rings is 1. The zero-order valence-corrected chi connectivity index (χ0v) is 11.7. The van der Waals surface area contributed by atoms with Gasteiger partial charge in [-0.3, -0.25) is 0 Å². The maximum atomic E-state index is 7.97. The topological polar surface area (TPSA) is 42.7 Å². The molecule has 0 saturated carbocycles. The number of hydrogen-bond acceptors (Lipinski definition) is 3. The molecule has 2 heterocycles. The van der Waals surface area contributed by atoms with Gasteiger partial charge in [0.1, 0.15) is 5.15 Å². The lowest BCUT2D eigenvalue weighted by Gasteiger charge is -2.09. The van der Waals surface area contributed by atoms with E-state index in [0.29, 0.717) is 26.7 Å². The first-order chi connectivity index (χ1) is 8.86. The molecule has 90 valence electrons. The van der Waals surface area contributed by atoms with Crippen LogP contribution in [0.1, 0.15) is 14.1 Å². The standard InChI is InChI=1S/C11H12BrClN4/c1-7-5-8(6-14-2)17(16-7)9-3-4-15-11(13)10(9)12/h3-5,14H,6H2,1-2H3/i6D2. The Morgan fingerprint density at radius 2 is 2.41 bits per heavy atom. The Balaban J connectivity index is 2.66. The predicted molar refractivity (Wildman–Crippen MR) is 71.6 cm³/mol. The van der Waals surface area contributed by atoms with Crippen LogP contribution in [0.2, 0.25) is 5.15 Å².